The molecule has 3 aromatic rings. The van der Waals surface area contributed by atoms with Crippen molar-refractivity contribution in [3.63, 3.8) is 0 Å². The summed E-state index contributed by atoms with van der Waals surface area (Å²) < 4.78 is 2.11. The monoisotopic (exact) mass is 458 g/mol. The number of benzene rings is 1. The standard InChI is InChI=1S/C27H30N4O3/c1-27(2,17-32)26(34)31-10-7-20(8-11-31)22-16-30(3)24-5-4-18(12-21(22)24)14-25(33)23-13-19(15-28)6-9-29-23/h4-6,9,12-13,16,20,32H,7-8,10-11,14,17H2,1-3H3. The molecule has 3 heterocycles. The smallest absolute Gasteiger partial charge is 0.230 e. The summed E-state index contributed by atoms with van der Waals surface area (Å²) in [5.74, 6) is 0.207. The fourth-order valence-electron chi connectivity index (χ4n) is 4.72. The number of amides is 1. The molecule has 1 aromatic carbocycles. The first kappa shape index (κ1) is 23.7. The Hall–Kier alpha value is -3.50. The number of pyridine rings is 1. The summed E-state index contributed by atoms with van der Waals surface area (Å²) in [5, 5.41) is 19.8. The van der Waals surface area contributed by atoms with Gasteiger partial charge in [-0.05, 0) is 68.0 Å². The van der Waals surface area contributed by atoms with Crippen molar-refractivity contribution in [3.8, 4) is 6.07 Å². The number of aryl methyl sites for hydroxylation is 1. The quantitative estimate of drug-likeness (QED) is 0.569. The van der Waals surface area contributed by atoms with Crippen LogP contribution in [0.2, 0.25) is 0 Å². The molecule has 1 saturated heterocycles. The van der Waals surface area contributed by atoms with Crippen LogP contribution < -0.4 is 0 Å². The van der Waals surface area contributed by atoms with Crippen LogP contribution in [-0.4, -0.2) is 50.9 Å². The number of Topliss-reactive ketones (excluding diaryl/α,β-unsaturated/α-hetero) is 1. The van der Waals surface area contributed by atoms with Crippen molar-refractivity contribution in [3.05, 3.63) is 65.1 Å². The molecule has 0 radical (unpaired) electrons. The third-order valence-electron chi connectivity index (χ3n) is 6.82. The molecule has 0 aliphatic carbocycles. The number of aromatic nitrogens is 2. The molecule has 7 nitrogen and oxygen atoms in total. The first-order chi connectivity index (χ1) is 16.2. The van der Waals surface area contributed by atoms with E-state index < -0.39 is 5.41 Å². The van der Waals surface area contributed by atoms with E-state index in [-0.39, 0.29) is 24.7 Å². The van der Waals surface area contributed by atoms with Crippen molar-refractivity contribution >= 4 is 22.6 Å². The molecule has 1 amide bonds. The lowest BCUT2D eigenvalue weighted by Crippen LogP contribution is -2.46. The van der Waals surface area contributed by atoms with Crippen LogP contribution in [0.25, 0.3) is 10.9 Å². The normalized spacial score (nSPS) is 14.9. The van der Waals surface area contributed by atoms with Gasteiger partial charge in [0.1, 0.15) is 5.69 Å². The minimum Gasteiger partial charge on any atom is -0.395 e. The average molecular weight is 459 g/mol. The molecule has 1 aliphatic heterocycles. The molecule has 1 fully saturated rings. The Morgan fingerprint density at radius 2 is 1.94 bits per heavy atom. The number of carbonyl (C=O) groups is 2. The van der Waals surface area contributed by atoms with Gasteiger partial charge in [-0.25, -0.2) is 0 Å². The SMILES string of the molecule is Cn1cc(C2CCN(C(=O)C(C)(C)CO)CC2)c2cc(CC(=O)c3cc(C#N)ccn3)ccc21. The maximum atomic E-state index is 12.8. The molecule has 0 saturated carbocycles. The molecule has 2 aromatic heterocycles. The third-order valence-corrected chi connectivity index (χ3v) is 6.82. The predicted molar refractivity (Wildman–Crippen MR) is 129 cm³/mol. The molecule has 176 valence electrons. The molecule has 0 spiro atoms. The van der Waals surface area contributed by atoms with Crippen LogP contribution in [0.1, 0.15) is 59.8 Å². The van der Waals surface area contributed by atoms with Crippen molar-refractivity contribution in [2.45, 2.75) is 39.0 Å². The second-order valence-corrected chi connectivity index (χ2v) is 9.80. The fraction of sp³-hybridized carbons (Fsp3) is 0.407. The average Bonchev–Trinajstić information content (AvgIpc) is 3.19. The molecule has 0 bridgehead atoms. The summed E-state index contributed by atoms with van der Waals surface area (Å²) in [7, 11) is 2.02. The third kappa shape index (κ3) is 4.59. The van der Waals surface area contributed by atoms with Gasteiger partial charge in [-0.1, -0.05) is 6.07 Å². The van der Waals surface area contributed by atoms with Gasteiger partial charge in [0.2, 0.25) is 5.91 Å². The lowest BCUT2D eigenvalue weighted by atomic mass is 9.86. The van der Waals surface area contributed by atoms with E-state index in [1.807, 2.05) is 30.1 Å². The Kier molecular flexibility index (Phi) is 6.54. The van der Waals surface area contributed by atoms with Crippen LogP contribution in [0.3, 0.4) is 0 Å². The number of aliphatic hydroxyl groups excluding tert-OH is 1. The van der Waals surface area contributed by atoms with Crippen LogP contribution in [0, 0.1) is 16.7 Å². The lowest BCUT2D eigenvalue weighted by Gasteiger charge is -2.36. The van der Waals surface area contributed by atoms with Crippen molar-refractivity contribution in [1.29, 1.82) is 5.26 Å². The number of fused-ring (bicyclic) bond motifs is 1. The van der Waals surface area contributed by atoms with Crippen molar-refractivity contribution in [1.82, 2.24) is 14.5 Å². The first-order valence-electron chi connectivity index (χ1n) is 11.6. The van der Waals surface area contributed by atoms with Gasteiger partial charge in [0.05, 0.1) is 23.7 Å². The predicted octanol–water partition coefficient (Wildman–Crippen LogP) is 3.59. The van der Waals surface area contributed by atoms with Gasteiger partial charge in [0, 0.05) is 49.9 Å². The van der Waals surface area contributed by atoms with Gasteiger partial charge in [-0.3, -0.25) is 14.6 Å². The van der Waals surface area contributed by atoms with E-state index in [4.69, 9.17) is 5.26 Å². The van der Waals surface area contributed by atoms with E-state index >= 15 is 0 Å². The molecule has 4 rings (SSSR count). The Bertz CT molecular complexity index is 1280. The van der Waals surface area contributed by atoms with Gasteiger partial charge in [0.25, 0.3) is 0 Å². The zero-order valence-corrected chi connectivity index (χ0v) is 19.9. The maximum absolute atomic E-state index is 12.8. The number of carbonyl (C=O) groups excluding carboxylic acids is 2. The van der Waals surface area contributed by atoms with Gasteiger partial charge in [-0.15, -0.1) is 0 Å². The molecular weight excluding hydrogens is 428 g/mol. The number of rotatable bonds is 6. The van der Waals surface area contributed by atoms with Crippen molar-refractivity contribution in [2.24, 2.45) is 12.5 Å². The van der Waals surface area contributed by atoms with Gasteiger partial charge in [0.15, 0.2) is 5.78 Å². The van der Waals surface area contributed by atoms with E-state index in [9.17, 15) is 14.7 Å². The Morgan fingerprint density at radius 3 is 2.62 bits per heavy atom. The first-order valence-corrected chi connectivity index (χ1v) is 11.6. The van der Waals surface area contributed by atoms with E-state index in [1.54, 1.807) is 19.9 Å². The number of aliphatic hydroxyl groups is 1. The number of nitriles is 1. The van der Waals surface area contributed by atoms with Gasteiger partial charge < -0.3 is 14.6 Å². The Balaban J connectivity index is 1.53. The van der Waals surface area contributed by atoms with Crippen molar-refractivity contribution < 1.29 is 14.7 Å². The minimum absolute atomic E-state index is 0.00115. The highest BCUT2D eigenvalue weighted by Gasteiger charge is 2.34. The lowest BCUT2D eigenvalue weighted by molar-refractivity contribution is -0.143. The number of hydrogen-bond acceptors (Lipinski definition) is 5. The highest BCUT2D eigenvalue weighted by molar-refractivity contribution is 5.97. The van der Waals surface area contributed by atoms with Gasteiger partial charge in [-0.2, -0.15) is 5.26 Å². The molecule has 1 aliphatic rings. The summed E-state index contributed by atoms with van der Waals surface area (Å²) in [6, 6.07) is 11.3. The summed E-state index contributed by atoms with van der Waals surface area (Å²) in [5.41, 5.74) is 3.23. The molecule has 34 heavy (non-hydrogen) atoms. The highest BCUT2D eigenvalue weighted by atomic mass is 16.3. The van der Waals surface area contributed by atoms with E-state index in [0.717, 1.165) is 29.3 Å². The Labute approximate surface area is 199 Å². The molecule has 0 unspecified atom stereocenters. The maximum Gasteiger partial charge on any atom is 0.230 e. The van der Waals surface area contributed by atoms with E-state index in [1.165, 1.54) is 17.8 Å². The second kappa shape index (κ2) is 9.40. The summed E-state index contributed by atoms with van der Waals surface area (Å²) >= 11 is 0. The summed E-state index contributed by atoms with van der Waals surface area (Å²) in [6.45, 7) is 4.74. The van der Waals surface area contributed by atoms with E-state index in [2.05, 4.69) is 21.8 Å². The molecular formula is C27H30N4O3. The largest absolute Gasteiger partial charge is 0.395 e. The van der Waals surface area contributed by atoms with Crippen molar-refractivity contribution in [2.75, 3.05) is 19.7 Å². The van der Waals surface area contributed by atoms with Gasteiger partial charge >= 0.3 is 0 Å². The topological polar surface area (TPSA) is 99.2 Å². The zero-order valence-electron chi connectivity index (χ0n) is 19.9. The summed E-state index contributed by atoms with van der Waals surface area (Å²) in [4.78, 5) is 31.5. The fourth-order valence-corrected chi connectivity index (χ4v) is 4.72. The Morgan fingerprint density at radius 1 is 1.21 bits per heavy atom. The molecule has 1 N–H and O–H groups in total. The minimum atomic E-state index is -0.755. The number of hydrogen-bond donors (Lipinski definition) is 1. The number of likely N-dealkylation sites (tertiary alicyclic amines) is 1. The number of ketones is 1. The summed E-state index contributed by atoms with van der Waals surface area (Å²) in [6.07, 6.45) is 5.59. The molecule has 0 atom stereocenters. The van der Waals surface area contributed by atoms with Crippen LogP contribution in [0.4, 0.5) is 0 Å². The van der Waals surface area contributed by atoms with Crippen LogP contribution >= 0.6 is 0 Å². The second-order valence-electron chi connectivity index (χ2n) is 9.80. The molecule has 7 heteroatoms. The van der Waals surface area contributed by atoms with Crippen LogP contribution in [-0.2, 0) is 18.3 Å². The number of nitrogens with zero attached hydrogens (tertiary/aromatic N) is 4. The number of piperidine rings is 1. The highest BCUT2D eigenvalue weighted by Crippen LogP contribution is 2.35. The van der Waals surface area contributed by atoms with Crippen LogP contribution in [0.5, 0.6) is 0 Å². The van der Waals surface area contributed by atoms with E-state index in [0.29, 0.717) is 30.3 Å². The zero-order chi connectivity index (χ0) is 24.5. The van der Waals surface area contributed by atoms with Crippen LogP contribution in [0.15, 0.2) is 42.7 Å².